The van der Waals surface area contributed by atoms with E-state index in [4.69, 9.17) is 9.47 Å². The van der Waals surface area contributed by atoms with Crippen LogP contribution >= 0.6 is 11.8 Å². The lowest BCUT2D eigenvalue weighted by molar-refractivity contribution is -0.118. The Labute approximate surface area is 203 Å². The number of carbonyl (C=O) groups is 1. The molecule has 0 radical (unpaired) electrons. The topological polar surface area (TPSA) is 78.3 Å². The molecule has 0 atom stereocenters. The third-order valence-corrected chi connectivity index (χ3v) is 6.15. The van der Waals surface area contributed by atoms with E-state index in [1.165, 1.54) is 11.8 Å². The highest BCUT2D eigenvalue weighted by Crippen LogP contribution is 2.28. The molecule has 4 aromatic rings. The second-order valence-corrected chi connectivity index (χ2v) is 8.38. The number of methoxy groups -OCH3 is 2. The summed E-state index contributed by atoms with van der Waals surface area (Å²) in [7, 11) is 3.28. The maximum atomic E-state index is 12.5. The van der Waals surface area contributed by atoms with E-state index in [2.05, 4.69) is 15.5 Å². The molecule has 0 spiro atoms. The highest BCUT2D eigenvalue weighted by molar-refractivity contribution is 7.99. The number of nitrogens with one attached hydrogen (secondary N) is 1. The number of para-hydroxylation sites is 1. The van der Waals surface area contributed by atoms with E-state index in [0.717, 1.165) is 34.7 Å². The van der Waals surface area contributed by atoms with Crippen molar-refractivity contribution in [3.8, 4) is 28.6 Å². The van der Waals surface area contributed by atoms with Gasteiger partial charge in [-0.25, -0.2) is 0 Å². The predicted octanol–water partition coefficient (Wildman–Crippen LogP) is 4.40. The number of thioether (sulfide) groups is 1. The third-order valence-electron chi connectivity index (χ3n) is 5.22. The van der Waals surface area contributed by atoms with Crippen LogP contribution in [0, 0.1) is 0 Å². The number of rotatable bonds is 10. The number of amides is 1. The lowest BCUT2D eigenvalue weighted by atomic mass is 10.1. The van der Waals surface area contributed by atoms with Crippen molar-refractivity contribution in [1.82, 2.24) is 20.1 Å². The zero-order valence-corrected chi connectivity index (χ0v) is 19.9. The van der Waals surface area contributed by atoms with Gasteiger partial charge in [-0.15, -0.1) is 10.2 Å². The van der Waals surface area contributed by atoms with Gasteiger partial charge in [0.15, 0.2) is 11.0 Å². The number of carbonyl (C=O) groups excluding carboxylic acids is 1. The fourth-order valence-corrected chi connectivity index (χ4v) is 4.20. The minimum absolute atomic E-state index is 0.0490. The summed E-state index contributed by atoms with van der Waals surface area (Å²) >= 11 is 1.36. The van der Waals surface area contributed by atoms with Crippen molar-refractivity contribution in [2.24, 2.45) is 0 Å². The second kappa shape index (κ2) is 11.4. The first kappa shape index (κ1) is 23.4. The third kappa shape index (κ3) is 5.77. The van der Waals surface area contributed by atoms with Gasteiger partial charge in [0.2, 0.25) is 5.91 Å². The molecule has 1 aromatic heterocycles. The van der Waals surface area contributed by atoms with Gasteiger partial charge < -0.3 is 14.8 Å². The lowest BCUT2D eigenvalue weighted by Crippen LogP contribution is -2.27. The van der Waals surface area contributed by atoms with E-state index in [1.54, 1.807) is 14.2 Å². The molecule has 1 heterocycles. The Bertz CT molecular complexity index is 1210. The monoisotopic (exact) mass is 474 g/mol. The molecule has 0 aliphatic heterocycles. The number of hydrogen-bond acceptors (Lipinski definition) is 6. The predicted molar refractivity (Wildman–Crippen MR) is 134 cm³/mol. The first-order valence-corrected chi connectivity index (χ1v) is 11.8. The minimum Gasteiger partial charge on any atom is -0.497 e. The molecule has 0 bridgehead atoms. The first-order valence-electron chi connectivity index (χ1n) is 10.9. The van der Waals surface area contributed by atoms with Crippen molar-refractivity contribution in [2.75, 3.05) is 26.5 Å². The van der Waals surface area contributed by atoms with E-state index in [9.17, 15) is 4.79 Å². The average Bonchev–Trinajstić information content (AvgIpc) is 3.32. The molecule has 1 N–H and O–H groups in total. The SMILES string of the molecule is COc1ccc(CCNC(=O)CSc2nnc(-c3ccc(OC)cc3)n2-c2ccccc2)cc1. The van der Waals surface area contributed by atoms with Gasteiger partial charge in [0, 0.05) is 17.8 Å². The summed E-state index contributed by atoms with van der Waals surface area (Å²) in [6.07, 6.45) is 0.752. The largest absolute Gasteiger partial charge is 0.497 e. The Morgan fingerprint density at radius 1 is 0.882 bits per heavy atom. The van der Waals surface area contributed by atoms with Crippen molar-refractivity contribution in [1.29, 1.82) is 0 Å². The Kier molecular flexibility index (Phi) is 7.83. The molecule has 0 fully saturated rings. The van der Waals surface area contributed by atoms with Crippen LogP contribution in [0.3, 0.4) is 0 Å². The fourth-order valence-electron chi connectivity index (χ4n) is 3.42. The highest BCUT2D eigenvalue weighted by atomic mass is 32.2. The molecule has 3 aromatic carbocycles. The maximum Gasteiger partial charge on any atom is 0.230 e. The second-order valence-electron chi connectivity index (χ2n) is 7.44. The van der Waals surface area contributed by atoms with Crippen LogP contribution < -0.4 is 14.8 Å². The zero-order chi connectivity index (χ0) is 23.8. The molecule has 0 saturated carbocycles. The highest BCUT2D eigenvalue weighted by Gasteiger charge is 2.17. The molecule has 0 aliphatic carbocycles. The van der Waals surface area contributed by atoms with Crippen molar-refractivity contribution in [3.63, 3.8) is 0 Å². The molecule has 0 saturated heterocycles. The minimum atomic E-state index is -0.0490. The van der Waals surface area contributed by atoms with Gasteiger partial charge in [0.1, 0.15) is 11.5 Å². The molecule has 1 amide bonds. The van der Waals surface area contributed by atoms with E-state index in [0.29, 0.717) is 17.5 Å². The van der Waals surface area contributed by atoms with Crippen LogP contribution in [0.4, 0.5) is 0 Å². The Hall–Kier alpha value is -3.78. The number of ether oxygens (including phenoxy) is 2. The number of nitrogens with zero attached hydrogens (tertiary/aromatic N) is 3. The molecular weight excluding hydrogens is 448 g/mol. The van der Waals surface area contributed by atoms with Crippen LogP contribution in [-0.2, 0) is 11.2 Å². The molecule has 0 unspecified atom stereocenters. The Morgan fingerprint density at radius 3 is 2.18 bits per heavy atom. The zero-order valence-electron chi connectivity index (χ0n) is 19.1. The lowest BCUT2D eigenvalue weighted by Gasteiger charge is -2.11. The first-order chi connectivity index (χ1) is 16.7. The van der Waals surface area contributed by atoms with Gasteiger partial charge >= 0.3 is 0 Å². The molecule has 4 rings (SSSR count). The summed E-state index contributed by atoms with van der Waals surface area (Å²) in [4.78, 5) is 12.5. The van der Waals surface area contributed by atoms with Crippen LogP contribution in [0.5, 0.6) is 11.5 Å². The standard InChI is InChI=1S/C26H26N4O3S/c1-32-22-12-8-19(9-13-22)16-17-27-24(31)18-34-26-29-28-25(20-10-14-23(33-2)15-11-20)30(26)21-6-4-3-5-7-21/h3-15H,16-18H2,1-2H3,(H,27,31). The van der Waals surface area contributed by atoms with Gasteiger partial charge in [0.25, 0.3) is 0 Å². The number of aromatic nitrogens is 3. The van der Waals surface area contributed by atoms with E-state index < -0.39 is 0 Å². The van der Waals surface area contributed by atoms with Crippen LogP contribution in [0.2, 0.25) is 0 Å². The van der Waals surface area contributed by atoms with Crippen molar-refractivity contribution in [3.05, 3.63) is 84.4 Å². The number of hydrogen-bond donors (Lipinski definition) is 1. The van der Waals surface area contributed by atoms with Gasteiger partial charge in [-0.05, 0) is 60.5 Å². The fraction of sp³-hybridized carbons (Fsp3) is 0.192. The van der Waals surface area contributed by atoms with Crippen molar-refractivity contribution >= 4 is 17.7 Å². The van der Waals surface area contributed by atoms with Gasteiger partial charge in [-0.3, -0.25) is 9.36 Å². The van der Waals surface area contributed by atoms with Gasteiger partial charge in [0.05, 0.1) is 20.0 Å². The quantitative estimate of drug-likeness (QED) is 0.343. The van der Waals surface area contributed by atoms with E-state index in [-0.39, 0.29) is 11.7 Å². The van der Waals surface area contributed by atoms with E-state index >= 15 is 0 Å². The summed E-state index contributed by atoms with van der Waals surface area (Å²) in [5.41, 5.74) is 2.98. The smallest absolute Gasteiger partial charge is 0.230 e. The van der Waals surface area contributed by atoms with Gasteiger partial charge in [-0.1, -0.05) is 42.1 Å². The summed E-state index contributed by atoms with van der Waals surface area (Å²) in [5.74, 6) is 2.50. The van der Waals surface area contributed by atoms with Crippen LogP contribution in [0.25, 0.3) is 17.1 Å². The van der Waals surface area contributed by atoms with Crippen molar-refractivity contribution in [2.45, 2.75) is 11.6 Å². The summed E-state index contributed by atoms with van der Waals surface area (Å²) < 4.78 is 12.4. The van der Waals surface area contributed by atoms with Crippen LogP contribution in [0.15, 0.2) is 84.0 Å². The maximum absolute atomic E-state index is 12.5. The normalized spacial score (nSPS) is 10.6. The van der Waals surface area contributed by atoms with Gasteiger partial charge in [-0.2, -0.15) is 0 Å². The molecule has 174 valence electrons. The Morgan fingerprint density at radius 2 is 1.53 bits per heavy atom. The van der Waals surface area contributed by atoms with Crippen LogP contribution in [-0.4, -0.2) is 47.2 Å². The Balaban J connectivity index is 1.42. The summed E-state index contributed by atoms with van der Waals surface area (Å²) in [5, 5.41) is 12.4. The number of benzene rings is 3. The summed E-state index contributed by atoms with van der Waals surface area (Å²) in [6, 6.07) is 25.4. The van der Waals surface area contributed by atoms with Crippen molar-refractivity contribution < 1.29 is 14.3 Å². The molecule has 34 heavy (non-hydrogen) atoms. The summed E-state index contributed by atoms with van der Waals surface area (Å²) in [6.45, 7) is 0.564. The van der Waals surface area contributed by atoms with Crippen LogP contribution in [0.1, 0.15) is 5.56 Å². The molecule has 7 nitrogen and oxygen atoms in total. The van der Waals surface area contributed by atoms with E-state index in [1.807, 2.05) is 83.4 Å². The molecule has 0 aliphatic rings. The molecular formula is C26H26N4O3S. The average molecular weight is 475 g/mol. The molecule has 8 heteroatoms.